The standard InChI is InChI=1S/C32H45N3O3S/c1-32(2,3)38-31(37)33-28(24-39-23-25-13-7-4-8-14-25)30(36)35-21-19-34(20-22-35)29(26-15-9-5-10-16-26)27-17-11-6-12-18-27/h5-6,9-12,15-18,25,28-29H,4,7-8,13-14,19-24H2,1-3H3,(H,33,37)/t28-/m0/s1. The minimum absolute atomic E-state index is 0.00683. The summed E-state index contributed by atoms with van der Waals surface area (Å²) in [6, 6.07) is 20.7. The smallest absolute Gasteiger partial charge is 0.408 e. The molecule has 4 rings (SSSR count). The summed E-state index contributed by atoms with van der Waals surface area (Å²) in [5.41, 5.74) is 1.90. The van der Waals surface area contributed by atoms with Gasteiger partial charge in [0.15, 0.2) is 0 Å². The summed E-state index contributed by atoms with van der Waals surface area (Å²) >= 11 is 1.79. The van der Waals surface area contributed by atoms with E-state index in [2.05, 4.69) is 58.7 Å². The lowest BCUT2D eigenvalue weighted by molar-refractivity contribution is -0.134. The van der Waals surface area contributed by atoms with E-state index in [1.165, 1.54) is 43.2 Å². The molecule has 0 bridgehead atoms. The Morgan fingerprint density at radius 2 is 1.46 bits per heavy atom. The predicted molar refractivity (Wildman–Crippen MR) is 160 cm³/mol. The van der Waals surface area contributed by atoms with E-state index >= 15 is 0 Å². The molecule has 2 aromatic rings. The fraction of sp³-hybridized carbons (Fsp3) is 0.562. The fourth-order valence-electron chi connectivity index (χ4n) is 5.64. The molecule has 1 aliphatic carbocycles. The number of hydrogen-bond acceptors (Lipinski definition) is 5. The second-order valence-corrected chi connectivity index (χ2v) is 12.9. The lowest BCUT2D eigenvalue weighted by Gasteiger charge is -2.40. The van der Waals surface area contributed by atoms with Crippen molar-refractivity contribution in [2.24, 2.45) is 5.92 Å². The highest BCUT2D eigenvalue weighted by atomic mass is 32.2. The molecule has 2 aromatic carbocycles. The highest BCUT2D eigenvalue weighted by Crippen LogP contribution is 2.30. The summed E-state index contributed by atoms with van der Waals surface area (Å²) in [5.74, 6) is 2.33. The maximum Gasteiger partial charge on any atom is 0.408 e. The van der Waals surface area contributed by atoms with E-state index in [9.17, 15) is 9.59 Å². The Balaban J connectivity index is 1.40. The predicted octanol–water partition coefficient (Wildman–Crippen LogP) is 6.13. The van der Waals surface area contributed by atoms with Crippen LogP contribution in [0.1, 0.15) is 70.0 Å². The Morgan fingerprint density at radius 3 is 2.00 bits per heavy atom. The third-order valence-corrected chi connectivity index (χ3v) is 8.85. The van der Waals surface area contributed by atoms with E-state index in [-0.39, 0.29) is 11.9 Å². The van der Waals surface area contributed by atoms with E-state index in [4.69, 9.17) is 4.74 Å². The Kier molecular flexibility index (Phi) is 10.7. The number of hydrogen-bond donors (Lipinski definition) is 1. The van der Waals surface area contributed by atoms with Gasteiger partial charge >= 0.3 is 6.09 Å². The first-order valence-electron chi connectivity index (χ1n) is 14.5. The normalized spacial score (nSPS) is 18.1. The van der Waals surface area contributed by atoms with Crippen LogP contribution in [0.25, 0.3) is 0 Å². The molecule has 0 unspecified atom stereocenters. The largest absolute Gasteiger partial charge is 0.444 e. The van der Waals surface area contributed by atoms with Crippen molar-refractivity contribution in [3.63, 3.8) is 0 Å². The van der Waals surface area contributed by atoms with Crippen molar-refractivity contribution in [1.82, 2.24) is 15.1 Å². The molecule has 6 nitrogen and oxygen atoms in total. The summed E-state index contributed by atoms with van der Waals surface area (Å²) in [6.45, 7) is 8.34. The van der Waals surface area contributed by atoms with Crippen molar-refractivity contribution in [2.45, 2.75) is 70.6 Å². The molecule has 39 heavy (non-hydrogen) atoms. The summed E-state index contributed by atoms with van der Waals surface area (Å²) < 4.78 is 5.51. The van der Waals surface area contributed by atoms with Crippen molar-refractivity contribution in [1.29, 1.82) is 0 Å². The zero-order valence-corrected chi connectivity index (χ0v) is 24.6. The molecule has 1 saturated carbocycles. The fourth-order valence-corrected chi connectivity index (χ4v) is 6.90. The third-order valence-electron chi connectivity index (χ3n) is 7.57. The van der Waals surface area contributed by atoms with Crippen LogP contribution in [-0.2, 0) is 9.53 Å². The van der Waals surface area contributed by atoms with Gasteiger partial charge in [-0.3, -0.25) is 9.69 Å². The van der Waals surface area contributed by atoms with E-state index in [0.29, 0.717) is 18.8 Å². The molecule has 1 atom stereocenters. The number of piperazine rings is 1. The first-order chi connectivity index (χ1) is 18.8. The number of carbonyl (C=O) groups is 2. The first kappa shape index (κ1) is 29.5. The van der Waals surface area contributed by atoms with Crippen LogP contribution < -0.4 is 5.32 Å². The van der Waals surface area contributed by atoms with Crippen LogP contribution in [0.4, 0.5) is 4.79 Å². The van der Waals surface area contributed by atoms with E-state index in [0.717, 1.165) is 24.8 Å². The average molecular weight is 552 g/mol. The van der Waals surface area contributed by atoms with Gasteiger partial charge in [0.05, 0.1) is 6.04 Å². The van der Waals surface area contributed by atoms with Crippen LogP contribution in [0, 0.1) is 5.92 Å². The number of ether oxygens (including phenoxy) is 1. The molecule has 7 heteroatoms. The van der Waals surface area contributed by atoms with Crippen molar-refractivity contribution < 1.29 is 14.3 Å². The Bertz CT molecular complexity index is 990. The maximum absolute atomic E-state index is 13.7. The molecule has 2 fully saturated rings. The van der Waals surface area contributed by atoms with Crippen LogP contribution in [0.3, 0.4) is 0 Å². The molecule has 2 aliphatic rings. The minimum atomic E-state index is -0.609. The van der Waals surface area contributed by atoms with Gasteiger partial charge in [-0.15, -0.1) is 0 Å². The number of nitrogens with one attached hydrogen (secondary N) is 1. The zero-order valence-electron chi connectivity index (χ0n) is 23.8. The highest BCUT2D eigenvalue weighted by molar-refractivity contribution is 7.99. The van der Waals surface area contributed by atoms with Gasteiger partial charge in [-0.25, -0.2) is 4.79 Å². The van der Waals surface area contributed by atoms with Gasteiger partial charge in [0.1, 0.15) is 11.6 Å². The molecule has 1 heterocycles. The number of amides is 2. The SMILES string of the molecule is CC(C)(C)OC(=O)N[C@@H](CSCC1CCCCC1)C(=O)N1CCN(C(c2ccccc2)c2ccccc2)CC1. The molecule has 0 spiro atoms. The van der Waals surface area contributed by atoms with Crippen molar-refractivity contribution >= 4 is 23.8 Å². The van der Waals surface area contributed by atoms with Crippen molar-refractivity contribution in [3.8, 4) is 0 Å². The summed E-state index contributed by atoms with van der Waals surface area (Å²) in [7, 11) is 0. The van der Waals surface area contributed by atoms with Crippen LogP contribution >= 0.6 is 11.8 Å². The van der Waals surface area contributed by atoms with Gasteiger partial charge in [-0.2, -0.15) is 11.8 Å². The molecular formula is C32H45N3O3S. The third kappa shape index (κ3) is 9.00. The number of nitrogens with zero attached hydrogens (tertiary/aromatic N) is 2. The summed E-state index contributed by atoms with van der Waals surface area (Å²) in [4.78, 5) is 30.8. The highest BCUT2D eigenvalue weighted by Gasteiger charge is 2.33. The Morgan fingerprint density at radius 1 is 0.897 bits per heavy atom. The molecular weight excluding hydrogens is 506 g/mol. The van der Waals surface area contributed by atoms with Crippen LogP contribution in [0.15, 0.2) is 60.7 Å². The van der Waals surface area contributed by atoms with Crippen LogP contribution in [0.2, 0.25) is 0 Å². The van der Waals surface area contributed by atoms with Gasteiger partial charge in [0.25, 0.3) is 0 Å². The second-order valence-electron chi connectivity index (χ2n) is 11.8. The Hall–Kier alpha value is -2.51. The van der Waals surface area contributed by atoms with Crippen LogP contribution in [0.5, 0.6) is 0 Å². The number of benzene rings is 2. The molecule has 0 radical (unpaired) electrons. The van der Waals surface area contributed by atoms with Gasteiger partial charge in [-0.05, 0) is 56.4 Å². The molecule has 1 N–H and O–H groups in total. The number of carbonyl (C=O) groups excluding carboxylic acids is 2. The van der Waals surface area contributed by atoms with Crippen LogP contribution in [-0.4, -0.2) is 71.1 Å². The van der Waals surface area contributed by atoms with E-state index in [1.54, 1.807) is 11.8 Å². The molecule has 1 aliphatic heterocycles. The molecule has 212 valence electrons. The topological polar surface area (TPSA) is 61.9 Å². The van der Waals surface area contributed by atoms with Crippen molar-refractivity contribution in [3.05, 3.63) is 71.8 Å². The lowest BCUT2D eigenvalue weighted by Crippen LogP contribution is -2.56. The lowest BCUT2D eigenvalue weighted by atomic mass is 9.91. The van der Waals surface area contributed by atoms with Gasteiger partial charge < -0.3 is 15.0 Å². The van der Waals surface area contributed by atoms with Gasteiger partial charge in [0.2, 0.25) is 5.91 Å². The number of rotatable bonds is 9. The zero-order chi connectivity index (χ0) is 27.7. The molecule has 2 amide bonds. The van der Waals surface area contributed by atoms with E-state index in [1.807, 2.05) is 37.8 Å². The monoisotopic (exact) mass is 551 g/mol. The number of alkyl carbamates (subject to hydrolysis) is 1. The molecule has 0 aromatic heterocycles. The minimum Gasteiger partial charge on any atom is -0.444 e. The van der Waals surface area contributed by atoms with Gasteiger partial charge in [-0.1, -0.05) is 79.9 Å². The first-order valence-corrected chi connectivity index (χ1v) is 15.7. The van der Waals surface area contributed by atoms with E-state index < -0.39 is 17.7 Å². The number of thioether (sulfide) groups is 1. The quantitative estimate of drug-likeness (QED) is 0.406. The molecule has 1 saturated heterocycles. The summed E-state index contributed by atoms with van der Waals surface area (Å²) in [6.07, 6.45) is 5.98. The van der Waals surface area contributed by atoms with Gasteiger partial charge in [0, 0.05) is 31.9 Å². The Labute approximate surface area is 238 Å². The average Bonchev–Trinajstić information content (AvgIpc) is 2.93. The summed E-state index contributed by atoms with van der Waals surface area (Å²) in [5, 5.41) is 2.91. The van der Waals surface area contributed by atoms with Crippen molar-refractivity contribution in [2.75, 3.05) is 37.7 Å². The maximum atomic E-state index is 13.7. The second kappa shape index (κ2) is 14.2.